The van der Waals surface area contributed by atoms with Crippen molar-refractivity contribution in [2.45, 2.75) is 19.4 Å². The first-order valence-electron chi connectivity index (χ1n) is 6.04. The van der Waals surface area contributed by atoms with Crippen LogP contribution < -0.4 is 0 Å². The Morgan fingerprint density at radius 1 is 1.33 bits per heavy atom. The number of ether oxygens (including phenoxy) is 2. The lowest BCUT2D eigenvalue weighted by Gasteiger charge is -2.44. The molecule has 1 aliphatic rings. The third-order valence-corrected chi connectivity index (χ3v) is 3.16. The van der Waals surface area contributed by atoms with Gasteiger partial charge in [-0.2, -0.15) is 0 Å². The minimum Gasteiger partial charge on any atom is -0.382 e. The monoisotopic (exact) mass is 258 g/mol. The quantitative estimate of drug-likeness (QED) is 0.637. The zero-order valence-corrected chi connectivity index (χ0v) is 11.6. The van der Waals surface area contributed by atoms with Crippen molar-refractivity contribution in [3.05, 3.63) is 0 Å². The first-order chi connectivity index (χ1) is 8.41. The smallest absolute Gasteiger partial charge is 0.249 e. The van der Waals surface area contributed by atoms with Crippen LogP contribution in [0.25, 0.3) is 0 Å². The van der Waals surface area contributed by atoms with E-state index >= 15 is 0 Å². The average molecular weight is 258 g/mol. The van der Waals surface area contributed by atoms with Crippen LogP contribution in [0.15, 0.2) is 0 Å². The van der Waals surface area contributed by atoms with Crippen molar-refractivity contribution in [1.82, 2.24) is 9.80 Å². The molecule has 1 aliphatic heterocycles. The third kappa shape index (κ3) is 3.20. The van der Waals surface area contributed by atoms with E-state index in [2.05, 4.69) is 0 Å². The highest BCUT2D eigenvalue weighted by atomic mass is 16.5. The second-order valence-corrected chi connectivity index (χ2v) is 4.88. The van der Waals surface area contributed by atoms with Gasteiger partial charge in [0.05, 0.1) is 13.2 Å². The summed E-state index contributed by atoms with van der Waals surface area (Å²) in [5.41, 5.74) is -0.797. The maximum absolute atomic E-state index is 12.0. The van der Waals surface area contributed by atoms with Gasteiger partial charge in [-0.25, -0.2) is 0 Å². The Bertz CT molecular complexity index is 317. The van der Waals surface area contributed by atoms with Gasteiger partial charge in [0.15, 0.2) is 0 Å². The summed E-state index contributed by atoms with van der Waals surface area (Å²) in [7, 11) is 3.33. The average Bonchev–Trinajstić information content (AvgIpc) is 2.31. The molecule has 0 bridgehead atoms. The van der Waals surface area contributed by atoms with Crippen molar-refractivity contribution in [2.75, 3.05) is 47.1 Å². The van der Waals surface area contributed by atoms with Crippen molar-refractivity contribution in [2.24, 2.45) is 0 Å². The molecule has 0 aliphatic carbocycles. The second-order valence-electron chi connectivity index (χ2n) is 4.88. The van der Waals surface area contributed by atoms with Crippen LogP contribution in [0.1, 0.15) is 13.8 Å². The van der Waals surface area contributed by atoms with Crippen molar-refractivity contribution in [3.63, 3.8) is 0 Å². The molecule has 6 heteroatoms. The minimum absolute atomic E-state index is 0.0101. The SMILES string of the molecule is COCCOCC(=O)N1CCN(C)C(=O)C1(C)C. The van der Waals surface area contributed by atoms with Gasteiger partial charge in [0, 0.05) is 27.2 Å². The van der Waals surface area contributed by atoms with Gasteiger partial charge in [0.2, 0.25) is 11.8 Å². The van der Waals surface area contributed by atoms with Crippen molar-refractivity contribution >= 4 is 11.8 Å². The molecule has 1 saturated heterocycles. The molecule has 0 N–H and O–H groups in total. The van der Waals surface area contributed by atoms with E-state index < -0.39 is 5.54 Å². The predicted octanol–water partition coefficient (Wildman–Crippen LogP) is -0.271. The second kappa shape index (κ2) is 6.15. The Kier molecular flexibility index (Phi) is 5.10. The Balaban J connectivity index is 2.54. The number of hydrogen-bond donors (Lipinski definition) is 0. The van der Waals surface area contributed by atoms with Gasteiger partial charge in [-0.05, 0) is 13.8 Å². The van der Waals surface area contributed by atoms with Crippen LogP contribution in [0.2, 0.25) is 0 Å². The molecule has 0 aromatic heterocycles. The van der Waals surface area contributed by atoms with E-state index in [-0.39, 0.29) is 18.4 Å². The van der Waals surface area contributed by atoms with Gasteiger partial charge in [0.25, 0.3) is 0 Å². The lowest BCUT2D eigenvalue weighted by Crippen LogP contribution is -2.64. The van der Waals surface area contributed by atoms with Crippen LogP contribution in [0.4, 0.5) is 0 Å². The number of carbonyl (C=O) groups is 2. The third-order valence-electron chi connectivity index (χ3n) is 3.16. The number of piperazine rings is 1. The van der Waals surface area contributed by atoms with Crippen LogP contribution in [0.5, 0.6) is 0 Å². The summed E-state index contributed by atoms with van der Waals surface area (Å²) in [6.45, 7) is 5.45. The number of rotatable bonds is 5. The molecule has 1 rings (SSSR count). The molecule has 6 nitrogen and oxygen atoms in total. The number of likely N-dealkylation sites (N-methyl/N-ethyl adjacent to an activating group) is 1. The van der Waals surface area contributed by atoms with Crippen LogP contribution in [0, 0.1) is 0 Å². The zero-order valence-electron chi connectivity index (χ0n) is 11.6. The van der Waals surface area contributed by atoms with Crippen molar-refractivity contribution in [1.29, 1.82) is 0 Å². The fraction of sp³-hybridized carbons (Fsp3) is 0.833. The first kappa shape index (κ1) is 14.9. The Morgan fingerprint density at radius 2 is 2.00 bits per heavy atom. The van der Waals surface area contributed by atoms with Gasteiger partial charge >= 0.3 is 0 Å². The number of amides is 2. The molecule has 0 radical (unpaired) electrons. The Morgan fingerprint density at radius 3 is 2.61 bits per heavy atom. The lowest BCUT2D eigenvalue weighted by molar-refractivity contribution is -0.159. The van der Waals surface area contributed by atoms with E-state index in [0.29, 0.717) is 26.3 Å². The molecule has 0 unspecified atom stereocenters. The highest BCUT2D eigenvalue weighted by molar-refractivity contribution is 5.92. The molecular formula is C12H22N2O4. The van der Waals surface area contributed by atoms with Crippen molar-refractivity contribution < 1.29 is 19.1 Å². The standard InChI is InChI=1S/C12H22N2O4/c1-12(2)11(16)13(3)5-6-14(12)10(15)9-18-8-7-17-4/h5-9H2,1-4H3. The number of carbonyl (C=O) groups excluding carboxylic acids is 2. The molecule has 104 valence electrons. The molecular weight excluding hydrogens is 236 g/mol. The van der Waals surface area contributed by atoms with E-state index in [9.17, 15) is 9.59 Å². The maximum atomic E-state index is 12.0. The summed E-state index contributed by atoms with van der Waals surface area (Å²) in [5, 5.41) is 0. The van der Waals surface area contributed by atoms with E-state index in [4.69, 9.17) is 9.47 Å². The van der Waals surface area contributed by atoms with Gasteiger partial charge in [-0.15, -0.1) is 0 Å². The summed E-state index contributed by atoms with van der Waals surface area (Å²) < 4.78 is 10.0. The fourth-order valence-electron chi connectivity index (χ4n) is 2.03. The molecule has 0 saturated carbocycles. The maximum Gasteiger partial charge on any atom is 0.249 e. The van der Waals surface area contributed by atoms with Gasteiger partial charge in [0.1, 0.15) is 12.1 Å². The topological polar surface area (TPSA) is 59.1 Å². The van der Waals surface area contributed by atoms with Gasteiger partial charge in [-0.1, -0.05) is 0 Å². The molecule has 0 aromatic rings. The van der Waals surface area contributed by atoms with Crippen LogP contribution in [-0.4, -0.2) is 74.2 Å². The lowest BCUT2D eigenvalue weighted by atomic mass is 9.98. The summed E-state index contributed by atoms with van der Waals surface area (Å²) in [4.78, 5) is 27.3. The summed E-state index contributed by atoms with van der Waals surface area (Å²) >= 11 is 0. The molecule has 0 aromatic carbocycles. The fourth-order valence-corrected chi connectivity index (χ4v) is 2.03. The Labute approximate surface area is 108 Å². The highest BCUT2D eigenvalue weighted by Gasteiger charge is 2.42. The normalized spacial score (nSPS) is 19.2. The zero-order chi connectivity index (χ0) is 13.8. The minimum atomic E-state index is -0.797. The first-order valence-corrected chi connectivity index (χ1v) is 6.04. The predicted molar refractivity (Wildman–Crippen MR) is 66.1 cm³/mol. The number of hydrogen-bond acceptors (Lipinski definition) is 4. The molecule has 1 heterocycles. The summed E-state index contributed by atoms with van der Waals surface area (Å²) in [6.07, 6.45) is 0. The number of methoxy groups -OCH3 is 1. The molecule has 1 fully saturated rings. The van der Waals surface area contributed by atoms with Gasteiger partial charge < -0.3 is 19.3 Å². The largest absolute Gasteiger partial charge is 0.382 e. The van der Waals surface area contributed by atoms with Crippen molar-refractivity contribution in [3.8, 4) is 0 Å². The molecule has 0 atom stereocenters. The van der Waals surface area contributed by atoms with E-state index in [0.717, 1.165) is 0 Å². The number of nitrogens with zero attached hydrogens (tertiary/aromatic N) is 2. The van der Waals surface area contributed by atoms with E-state index in [1.165, 1.54) is 0 Å². The van der Waals surface area contributed by atoms with Crippen LogP contribution in [0.3, 0.4) is 0 Å². The van der Waals surface area contributed by atoms with Crippen LogP contribution in [-0.2, 0) is 19.1 Å². The summed E-state index contributed by atoms with van der Waals surface area (Å²) in [5.74, 6) is -0.198. The summed E-state index contributed by atoms with van der Waals surface area (Å²) in [6, 6.07) is 0. The molecule has 18 heavy (non-hydrogen) atoms. The van der Waals surface area contributed by atoms with E-state index in [1.807, 2.05) is 0 Å². The van der Waals surface area contributed by atoms with Gasteiger partial charge in [-0.3, -0.25) is 9.59 Å². The Hall–Kier alpha value is -1.14. The molecule has 2 amide bonds. The highest BCUT2D eigenvalue weighted by Crippen LogP contribution is 2.21. The van der Waals surface area contributed by atoms with Crippen LogP contribution >= 0.6 is 0 Å². The molecule has 0 spiro atoms. The van der Waals surface area contributed by atoms with E-state index in [1.54, 1.807) is 37.8 Å².